The van der Waals surface area contributed by atoms with Crippen LogP contribution >= 0.6 is 11.3 Å². The van der Waals surface area contributed by atoms with Gasteiger partial charge in [-0.15, -0.1) is 11.3 Å². The molecule has 0 radical (unpaired) electrons. The Morgan fingerprint density at radius 3 is 2.40 bits per heavy atom. The summed E-state index contributed by atoms with van der Waals surface area (Å²) in [7, 11) is 1.53. The van der Waals surface area contributed by atoms with Gasteiger partial charge in [-0.1, -0.05) is 0 Å². The first-order valence-electron chi connectivity index (χ1n) is 13.4. The zero-order valence-corrected chi connectivity index (χ0v) is 24.3. The number of carbonyl (C=O) groups is 4. The molecule has 0 saturated carbocycles. The fourth-order valence-corrected chi connectivity index (χ4v) is 5.57. The number of benzene rings is 2. The molecule has 1 aliphatic carbocycles. The molecule has 1 heterocycles. The molecular weight excluding hydrogens is 562 g/mol. The van der Waals surface area contributed by atoms with Crippen LogP contribution in [-0.4, -0.2) is 50.3 Å². The zero-order chi connectivity index (χ0) is 30.1. The molecule has 3 aromatic rings. The molecule has 0 saturated heterocycles. The molecule has 0 spiro atoms. The minimum atomic E-state index is -1.01. The second-order valence-electron chi connectivity index (χ2n) is 9.05. The third kappa shape index (κ3) is 7.32. The van der Waals surface area contributed by atoms with Crippen molar-refractivity contribution in [2.24, 2.45) is 5.10 Å². The second kappa shape index (κ2) is 14.3. The fourth-order valence-electron chi connectivity index (χ4n) is 4.29. The number of carbonyl (C=O) groups excluding carboxylic acids is 4. The van der Waals surface area contributed by atoms with Gasteiger partial charge in [0.1, 0.15) is 10.8 Å². The summed E-state index contributed by atoms with van der Waals surface area (Å²) >= 11 is 1.29. The fraction of sp³-hybridized carbons (Fsp3) is 0.300. The summed E-state index contributed by atoms with van der Waals surface area (Å²) in [4.78, 5) is 51.3. The Hall–Kier alpha value is -4.71. The first-order valence-corrected chi connectivity index (χ1v) is 14.2. The highest BCUT2D eigenvalue weighted by Gasteiger charge is 2.28. The molecule has 2 N–H and O–H groups in total. The van der Waals surface area contributed by atoms with Gasteiger partial charge in [0.25, 0.3) is 0 Å². The van der Waals surface area contributed by atoms with E-state index in [9.17, 15) is 19.2 Å². The van der Waals surface area contributed by atoms with Crippen LogP contribution < -0.4 is 25.0 Å². The topological polar surface area (TPSA) is 142 Å². The number of hydrogen-bond donors (Lipinski definition) is 2. The molecular formula is C30H31N3O8S. The molecule has 12 heteroatoms. The zero-order valence-electron chi connectivity index (χ0n) is 23.5. The molecule has 2 amide bonds. The molecule has 2 aromatic carbocycles. The molecule has 1 aromatic heterocycles. The number of nitrogens with one attached hydrogen (secondary N) is 2. The van der Waals surface area contributed by atoms with Crippen molar-refractivity contribution in [1.82, 2.24) is 5.43 Å². The molecule has 42 heavy (non-hydrogen) atoms. The lowest BCUT2D eigenvalue weighted by molar-refractivity contribution is -0.136. The van der Waals surface area contributed by atoms with Crippen molar-refractivity contribution < 1.29 is 38.1 Å². The van der Waals surface area contributed by atoms with E-state index in [1.165, 1.54) is 30.7 Å². The van der Waals surface area contributed by atoms with Crippen molar-refractivity contribution >= 4 is 46.3 Å². The average Bonchev–Trinajstić information content (AvgIpc) is 3.36. The smallest absolute Gasteiger partial charge is 0.343 e. The number of rotatable bonds is 10. The first kappa shape index (κ1) is 30.3. The maximum Gasteiger partial charge on any atom is 0.343 e. The monoisotopic (exact) mass is 593 g/mol. The standard InChI is InChI=1S/C30H31N3O8S/c1-4-39-23-16-18(10-15-22(23)41-29(36)19-11-13-20(38-3)14-12-19)17-31-33-27(35)26(34)32-28-25(30(37)40-5-2)21-8-6-7-9-24(21)42-28/h10-17H,4-9H2,1-3H3,(H,32,34)(H,33,35)/b31-17+. The predicted molar refractivity (Wildman–Crippen MR) is 157 cm³/mol. The molecule has 0 bridgehead atoms. The van der Waals surface area contributed by atoms with Crippen LogP contribution in [0.2, 0.25) is 0 Å². The Balaban J connectivity index is 1.40. The van der Waals surface area contributed by atoms with Gasteiger partial charge >= 0.3 is 23.8 Å². The Bertz CT molecular complexity index is 1500. The van der Waals surface area contributed by atoms with Crippen LogP contribution in [0.1, 0.15) is 63.4 Å². The van der Waals surface area contributed by atoms with E-state index in [2.05, 4.69) is 15.8 Å². The van der Waals surface area contributed by atoms with Crippen LogP contribution in [0.15, 0.2) is 47.6 Å². The highest BCUT2D eigenvalue weighted by atomic mass is 32.1. The molecule has 220 valence electrons. The normalized spacial score (nSPS) is 12.3. The van der Waals surface area contributed by atoms with E-state index in [1.54, 1.807) is 50.2 Å². The highest BCUT2D eigenvalue weighted by Crippen LogP contribution is 2.38. The van der Waals surface area contributed by atoms with E-state index in [4.69, 9.17) is 18.9 Å². The summed E-state index contributed by atoms with van der Waals surface area (Å²) in [5.74, 6) is -1.96. The third-order valence-corrected chi connectivity index (χ3v) is 7.47. The summed E-state index contributed by atoms with van der Waals surface area (Å²) in [6.45, 7) is 4.00. The summed E-state index contributed by atoms with van der Waals surface area (Å²) < 4.78 is 21.4. The molecule has 0 unspecified atom stereocenters. The molecule has 0 aliphatic heterocycles. The Morgan fingerprint density at radius 2 is 1.69 bits per heavy atom. The van der Waals surface area contributed by atoms with E-state index >= 15 is 0 Å². The number of thiophene rings is 1. The number of methoxy groups -OCH3 is 1. The average molecular weight is 594 g/mol. The van der Waals surface area contributed by atoms with Crippen molar-refractivity contribution in [2.45, 2.75) is 39.5 Å². The van der Waals surface area contributed by atoms with Crippen molar-refractivity contribution in [1.29, 1.82) is 0 Å². The van der Waals surface area contributed by atoms with E-state index in [0.29, 0.717) is 39.8 Å². The maximum atomic E-state index is 12.6. The third-order valence-electron chi connectivity index (χ3n) is 6.26. The van der Waals surface area contributed by atoms with Gasteiger partial charge in [-0.25, -0.2) is 15.0 Å². The van der Waals surface area contributed by atoms with E-state index in [1.807, 2.05) is 0 Å². The lowest BCUT2D eigenvalue weighted by Gasteiger charge is -2.12. The van der Waals surface area contributed by atoms with E-state index < -0.39 is 23.8 Å². The Morgan fingerprint density at radius 1 is 0.929 bits per heavy atom. The Kier molecular flexibility index (Phi) is 10.3. The van der Waals surface area contributed by atoms with Crippen molar-refractivity contribution in [2.75, 3.05) is 25.6 Å². The number of aryl methyl sites for hydroxylation is 1. The quantitative estimate of drug-likeness (QED) is 0.115. The second-order valence-corrected chi connectivity index (χ2v) is 10.2. The van der Waals surface area contributed by atoms with Crippen LogP contribution in [0.25, 0.3) is 0 Å². The van der Waals surface area contributed by atoms with Crippen LogP contribution in [-0.2, 0) is 27.2 Å². The van der Waals surface area contributed by atoms with Crippen LogP contribution in [0, 0.1) is 0 Å². The minimum absolute atomic E-state index is 0.198. The van der Waals surface area contributed by atoms with E-state index in [0.717, 1.165) is 36.1 Å². The number of amides is 2. The number of fused-ring (bicyclic) bond motifs is 1. The van der Waals surface area contributed by atoms with E-state index in [-0.39, 0.29) is 12.4 Å². The maximum absolute atomic E-state index is 12.6. The number of esters is 2. The molecule has 0 fully saturated rings. The lowest BCUT2D eigenvalue weighted by Crippen LogP contribution is -2.32. The molecule has 4 rings (SSSR count). The van der Waals surface area contributed by atoms with Crippen molar-refractivity contribution in [3.05, 3.63) is 69.6 Å². The van der Waals surface area contributed by atoms with Gasteiger partial charge < -0.3 is 24.3 Å². The molecule has 11 nitrogen and oxygen atoms in total. The van der Waals surface area contributed by atoms with Gasteiger partial charge in [-0.05, 0) is 93.1 Å². The van der Waals surface area contributed by atoms with Crippen LogP contribution in [0.5, 0.6) is 17.2 Å². The van der Waals surface area contributed by atoms with Gasteiger partial charge in [0, 0.05) is 4.88 Å². The molecule has 1 aliphatic rings. The summed E-state index contributed by atoms with van der Waals surface area (Å²) in [6, 6.07) is 11.2. The summed E-state index contributed by atoms with van der Waals surface area (Å²) in [5, 5.41) is 6.70. The number of ether oxygens (including phenoxy) is 4. The highest BCUT2D eigenvalue weighted by molar-refractivity contribution is 7.17. The first-order chi connectivity index (χ1) is 20.3. The van der Waals surface area contributed by atoms with Crippen molar-refractivity contribution in [3.8, 4) is 17.2 Å². The summed E-state index contributed by atoms with van der Waals surface area (Å²) in [5.41, 5.74) is 4.23. The van der Waals surface area contributed by atoms with Crippen molar-refractivity contribution in [3.63, 3.8) is 0 Å². The van der Waals surface area contributed by atoms with Crippen LogP contribution in [0.4, 0.5) is 5.00 Å². The number of hydrogen-bond acceptors (Lipinski definition) is 10. The van der Waals surface area contributed by atoms with Gasteiger partial charge in [0.05, 0.1) is 37.7 Å². The largest absolute Gasteiger partial charge is 0.497 e. The minimum Gasteiger partial charge on any atom is -0.497 e. The van der Waals surface area contributed by atoms with Crippen LogP contribution in [0.3, 0.4) is 0 Å². The SMILES string of the molecule is CCOC(=O)c1c(NC(=O)C(=O)N/N=C/c2ccc(OC(=O)c3ccc(OC)cc3)c(OCC)c2)sc2c1CCCC2. The van der Waals surface area contributed by atoms with Gasteiger partial charge in [0.2, 0.25) is 0 Å². The Labute approximate surface area is 246 Å². The number of anilines is 1. The lowest BCUT2D eigenvalue weighted by atomic mass is 9.95. The predicted octanol–water partition coefficient (Wildman–Crippen LogP) is 4.52. The number of nitrogens with zero attached hydrogens (tertiary/aromatic N) is 1. The summed E-state index contributed by atoms with van der Waals surface area (Å²) in [6.07, 6.45) is 4.78. The van der Waals surface area contributed by atoms with Gasteiger partial charge in [-0.2, -0.15) is 5.10 Å². The molecule has 0 atom stereocenters. The van der Waals surface area contributed by atoms with Gasteiger partial charge in [-0.3, -0.25) is 9.59 Å². The van der Waals surface area contributed by atoms with Gasteiger partial charge in [0.15, 0.2) is 11.5 Å². The number of hydrazone groups is 1.